The van der Waals surface area contributed by atoms with E-state index in [2.05, 4.69) is 10.6 Å². The average molecular weight is 381 g/mol. The zero-order valence-corrected chi connectivity index (χ0v) is 15.5. The lowest BCUT2D eigenvalue weighted by Gasteiger charge is -2.31. The third-order valence-electron chi connectivity index (χ3n) is 5.16. The maximum atomic E-state index is 12.7. The highest BCUT2D eigenvalue weighted by Crippen LogP contribution is 2.30. The Bertz CT molecular complexity index is 874. The molecule has 3 amide bonds. The monoisotopic (exact) mass is 381 g/mol. The Morgan fingerprint density at radius 3 is 2.29 bits per heavy atom. The van der Waals surface area contributed by atoms with E-state index in [0.717, 1.165) is 25.7 Å². The fourth-order valence-corrected chi connectivity index (χ4v) is 3.44. The minimum atomic E-state index is -0.280. The number of hydrogen-bond donors (Lipinski definition) is 2. The molecule has 1 aromatic heterocycles. The molecule has 4 rings (SSSR count). The summed E-state index contributed by atoms with van der Waals surface area (Å²) >= 11 is 0. The first-order valence-electron chi connectivity index (χ1n) is 9.65. The lowest BCUT2D eigenvalue weighted by molar-refractivity contribution is -0.121. The number of nitrogens with one attached hydrogen (secondary N) is 2. The Balaban J connectivity index is 1.36. The smallest absolute Gasteiger partial charge is 0.289 e. The van der Waals surface area contributed by atoms with Gasteiger partial charge in [-0.3, -0.25) is 14.4 Å². The Kier molecular flexibility index (Phi) is 5.14. The summed E-state index contributed by atoms with van der Waals surface area (Å²) in [6.45, 7) is 0.982. The number of piperidine rings is 1. The van der Waals surface area contributed by atoms with Gasteiger partial charge in [0, 0.05) is 30.4 Å². The van der Waals surface area contributed by atoms with Crippen LogP contribution in [0, 0.1) is 11.8 Å². The summed E-state index contributed by atoms with van der Waals surface area (Å²) in [6.07, 6.45) is 4.85. The van der Waals surface area contributed by atoms with Crippen molar-refractivity contribution in [3.8, 4) is 0 Å². The van der Waals surface area contributed by atoms with Crippen LogP contribution in [0.5, 0.6) is 0 Å². The molecular formula is C21H23N3O4. The van der Waals surface area contributed by atoms with Crippen molar-refractivity contribution in [2.75, 3.05) is 23.7 Å². The molecular weight excluding hydrogens is 358 g/mol. The molecule has 28 heavy (non-hydrogen) atoms. The first kappa shape index (κ1) is 18.3. The molecule has 146 valence electrons. The van der Waals surface area contributed by atoms with E-state index in [1.165, 1.54) is 6.26 Å². The van der Waals surface area contributed by atoms with Gasteiger partial charge in [0.25, 0.3) is 5.91 Å². The van der Waals surface area contributed by atoms with Crippen LogP contribution in [0.2, 0.25) is 0 Å². The van der Waals surface area contributed by atoms with E-state index in [-0.39, 0.29) is 29.6 Å². The number of amides is 3. The predicted molar refractivity (Wildman–Crippen MR) is 104 cm³/mol. The lowest BCUT2D eigenvalue weighted by atomic mass is 9.96. The summed E-state index contributed by atoms with van der Waals surface area (Å²) in [4.78, 5) is 38.7. The fraction of sp³-hybridized carbons (Fsp3) is 0.381. The van der Waals surface area contributed by atoms with Crippen molar-refractivity contribution < 1.29 is 18.8 Å². The molecule has 1 saturated heterocycles. The van der Waals surface area contributed by atoms with Gasteiger partial charge in [0.2, 0.25) is 11.8 Å². The van der Waals surface area contributed by atoms with Crippen molar-refractivity contribution in [2.24, 2.45) is 11.8 Å². The van der Waals surface area contributed by atoms with Crippen molar-refractivity contribution >= 4 is 29.1 Å². The topological polar surface area (TPSA) is 91.7 Å². The molecule has 2 aromatic rings. The number of carbonyl (C=O) groups excluding carboxylic acids is 3. The molecule has 0 spiro atoms. The molecule has 1 aromatic carbocycles. The van der Waals surface area contributed by atoms with Crippen LogP contribution in [0.4, 0.5) is 11.4 Å². The third-order valence-corrected chi connectivity index (χ3v) is 5.16. The molecule has 2 fully saturated rings. The second kappa shape index (κ2) is 7.88. The first-order valence-corrected chi connectivity index (χ1v) is 9.65. The summed E-state index contributed by atoms with van der Waals surface area (Å²) < 4.78 is 5.18. The zero-order chi connectivity index (χ0) is 19.5. The van der Waals surface area contributed by atoms with Crippen molar-refractivity contribution in [3.05, 3.63) is 48.4 Å². The number of likely N-dealkylation sites (tertiary alicyclic amines) is 1. The van der Waals surface area contributed by atoms with Crippen LogP contribution in [0.3, 0.4) is 0 Å². The van der Waals surface area contributed by atoms with E-state index in [9.17, 15) is 14.4 Å². The maximum Gasteiger partial charge on any atom is 0.289 e. The van der Waals surface area contributed by atoms with Crippen LogP contribution in [0.15, 0.2) is 47.1 Å². The maximum absolute atomic E-state index is 12.7. The van der Waals surface area contributed by atoms with E-state index in [0.29, 0.717) is 30.2 Å². The minimum Gasteiger partial charge on any atom is -0.459 e. The van der Waals surface area contributed by atoms with E-state index in [1.807, 2.05) is 0 Å². The fourth-order valence-electron chi connectivity index (χ4n) is 3.44. The number of hydrogen-bond acceptors (Lipinski definition) is 4. The Labute approximate surface area is 163 Å². The number of carbonyl (C=O) groups is 3. The SMILES string of the molecule is O=C(Nc1cccc(NC(=O)C2CCCN(C(=O)c3ccco3)C2)c1)C1CC1. The van der Waals surface area contributed by atoms with Crippen molar-refractivity contribution in [2.45, 2.75) is 25.7 Å². The summed E-state index contributed by atoms with van der Waals surface area (Å²) in [7, 11) is 0. The molecule has 1 aliphatic heterocycles. The van der Waals surface area contributed by atoms with Gasteiger partial charge in [-0.1, -0.05) is 6.07 Å². The van der Waals surface area contributed by atoms with Crippen LogP contribution in [0.25, 0.3) is 0 Å². The number of nitrogens with zero attached hydrogens (tertiary/aromatic N) is 1. The molecule has 1 aliphatic carbocycles. The molecule has 7 heteroatoms. The number of furan rings is 1. The van der Waals surface area contributed by atoms with E-state index < -0.39 is 0 Å². The normalized spacial score (nSPS) is 19.1. The van der Waals surface area contributed by atoms with Crippen LogP contribution < -0.4 is 10.6 Å². The second-order valence-corrected chi connectivity index (χ2v) is 7.40. The predicted octanol–water partition coefficient (Wildman–Crippen LogP) is 3.12. The van der Waals surface area contributed by atoms with Gasteiger partial charge in [-0.2, -0.15) is 0 Å². The molecule has 1 atom stereocenters. The molecule has 2 N–H and O–H groups in total. The Morgan fingerprint density at radius 1 is 0.929 bits per heavy atom. The van der Waals surface area contributed by atoms with Gasteiger partial charge >= 0.3 is 0 Å². The second-order valence-electron chi connectivity index (χ2n) is 7.40. The Morgan fingerprint density at radius 2 is 1.64 bits per heavy atom. The average Bonchev–Trinajstić information content (AvgIpc) is 3.42. The highest BCUT2D eigenvalue weighted by molar-refractivity contribution is 5.97. The van der Waals surface area contributed by atoms with Crippen molar-refractivity contribution in [3.63, 3.8) is 0 Å². The van der Waals surface area contributed by atoms with Crippen LogP contribution >= 0.6 is 0 Å². The molecule has 1 saturated carbocycles. The number of anilines is 2. The highest BCUT2D eigenvalue weighted by atomic mass is 16.3. The summed E-state index contributed by atoms with van der Waals surface area (Å²) in [5, 5.41) is 5.79. The summed E-state index contributed by atoms with van der Waals surface area (Å²) in [5.41, 5.74) is 1.31. The van der Waals surface area contributed by atoms with Gasteiger partial charge < -0.3 is 20.0 Å². The van der Waals surface area contributed by atoms with Gasteiger partial charge in [-0.25, -0.2) is 0 Å². The van der Waals surface area contributed by atoms with Crippen LogP contribution in [0.1, 0.15) is 36.2 Å². The van der Waals surface area contributed by atoms with Gasteiger partial charge in [0.05, 0.1) is 12.2 Å². The lowest BCUT2D eigenvalue weighted by Crippen LogP contribution is -2.43. The van der Waals surface area contributed by atoms with Crippen LogP contribution in [-0.4, -0.2) is 35.7 Å². The summed E-state index contributed by atoms with van der Waals surface area (Å²) in [6, 6.07) is 10.5. The van der Waals surface area contributed by atoms with E-state index >= 15 is 0 Å². The molecule has 1 unspecified atom stereocenters. The molecule has 0 bridgehead atoms. The Hall–Kier alpha value is -3.09. The molecule has 7 nitrogen and oxygen atoms in total. The van der Waals surface area contributed by atoms with Gasteiger partial charge in [0.15, 0.2) is 5.76 Å². The highest BCUT2D eigenvalue weighted by Gasteiger charge is 2.31. The van der Waals surface area contributed by atoms with Crippen LogP contribution in [-0.2, 0) is 9.59 Å². The largest absolute Gasteiger partial charge is 0.459 e. The van der Waals surface area contributed by atoms with Gasteiger partial charge in [-0.15, -0.1) is 0 Å². The first-order chi connectivity index (χ1) is 13.6. The molecule has 0 radical (unpaired) electrons. The van der Waals surface area contributed by atoms with Gasteiger partial charge in [-0.05, 0) is 56.0 Å². The molecule has 2 heterocycles. The standard InChI is InChI=1S/C21H23N3O4/c25-19(14-8-9-14)22-16-5-1-6-17(12-16)23-20(26)15-4-2-10-24(13-15)21(27)18-7-3-11-28-18/h1,3,5-7,11-12,14-15H,2,4,8-10,13H2,(H,22,25)(H,23,26). The quantitative estimate of drug-likeness (QED) is 0.832. The molecule has 2 aliphatic rings. The van der Waals surface area contributed by atoms with Crippen molar-refractivity contribution in [1.29, 1.82) is 0 Å². The van der Waals surface area contributed by atoms with E-state index in [1.54, 1.807) is 41.3 Å². The number of rotatable bonds is 5. The number of benzene rings is 1. The van der Waals surface area contributed by atoms with E-state index in [4.69, 9.17) is 4.42 Å². The third kappa shape index (κ3) is 4.24. The van der Waals surface area contributed by atoms with Crippen molar-refractivity contribution in [1.82, 2.24) is 4.90 Å². The zero-order valence-electron chi connectivity index (χ0n) is 15.5. The summed E-state index contributed by atoms with van der Waals surface area (Å²) in [5.74, 6) is -0.145. The van der Waals surface area contributed by atoms with Gasteiger partial charge in [0.1, 0.15) is 0 Å². The minimum absolute atomic E-state index is 0.0304.